The van der Waals surface area contributed by atoms with Crippen LogP contribution >= 0.6 is 7.68 Å². The Kier molecular flexibility index (Phi) is 10.3. The van der Waals surface area contributed by atoms with Crippen molar-refractivity contribution in [2.45, 2.75) is 25.5 Å². The van der Waals surface area contributed by atoms with E-state index in [0.717, 1.165) is 6.66 Å². The molecule has 0 aliphatic heterocycles. The molecule has 1 atom stereocenters. The van der Waals surface area contributed by atoms with Crippen LogP contribution in [0.15, 0.2) is 0 Å². The van der Waals surface area contributed by atoms with E-state index in [1.165, 1.54) is 0 Å². The van der Waals surface area contributed by atoms with E-state index in [0.29, 0.717) is 0 Å². The van der Waals surface area contributed by atoms with E-state index in [-0.39, 0.29) is 25.0 Å². The van der Waals surface area contributed by atoms with Crippen LogP contribution in [0.5, 0.6) is 0 Å². The van der Waals surface area contributed by atoms with Gasteiger partial charge >= 0.3 is 32.0 Å². The molecule has 0 aliphatic rings. The maximum absolute atomic E-state index is 12.0. The Morgan fingerprint density at radius 3 is 1.53 bits per heavy atom. The van der Waals surface area contributed by atoms with Crippen molar-refractivity contribution in [3.8, 4) is 0 Å². The van der Waals surface area contributed by atoms with Crippen molar-refractivity contribution in [2.75, 3.05) is 6.66 Å². The summed E-state index contributed by atoms with van der Waals surface area (Å²) >= 11 is 0. The fourth-order valence-electron chi connectivity index (χ4n) is 0.377. The van der Waals surface area contributed by atoms with E-state index in [1.807, 2.05) is 0 Å². The molecule has 17 heavy (non-hydrogen) atoms. The van der Waals surface area contributed by atoms with Gasteiger partial charge in [0.1, 0.15) is 0 Å². The first-order valence-corrected chi connectivity index (χ1v) is 7.01. The van der Waals surface area contributed by atoms with E-state index < -0.39 is 23.3 Å². The van der Waals surface area contributed by atoms with Crippen LogP contribution in [0.3, 0.4) is 0 Å². The maximum Gasteiger partial charge on any atom is 1.00 e. The average molecular weight is 296 g/mol. The normalized spacial score (nSPS) is 15.4. The summed E-state index contributed by atoms with van der Waals surface area (Å²) in [5.41, 5.74) is -5.65. The van der Waals surface area contributed by atoms with Gasteiger partial charge in [0.2, 0.25) is 0 Å². The minimum atomic E-state index is -6.09. The SMILES string of the molecule is CC(C)OP(C)(=O)F.O=S(=O)([O-])C(F)(F)F.[Li+]. The minimum Gasteiger partial charge on any atom is -0.741 e. The first-order chi connectivity index (χ1) is 6.67. The van der Waals surface area contributed by atoms with Crippen molar-refractivity contribution in [1.82, 2.24) is 0 Å². The number of alkyl halides is 3. The molecule has 12 heteroatoms. The Labute approximate surface area is 108 Å². The number of rotatable bonds is 2. The minimum absolute atomic E-state index is 0. The molecule has 0 aliphatic carbocycles. The Morgan fingerprint density at radius 1 is 1.29 bits per heavy atom. The van der Waals surface area contributed by atoms with Gasteiger partial charge in [0.15, 0.2) is 10.1 Å². The fraction of sp³-hybridized carbons (Fsp3) is 1.00. The van der Waals surface area contributed by atoms with Crippen molar-refractivity contribution in [2.24, 2.45) is 0 Å². The van der Waals surface area contributed by atoms with Crippen molar-refractivity contribution >= 4 is 17.8 Å². The summed E-state index contributed by atoms with van der Waals surface area (Å²) in [5, 5.41) is 0. The van der Waals surface area contributed by atoms with Gasteiger partial charge in [-0.05, 0) is 13.8 Å². The second-order valence-corrected chi connectivity index (χ2v) is 5.88. The molecule has 0 fully saturated rings. The van der Waals surface area contributed by atoms with Gasteiger partial charge in [-0.2, -0.15) is 17.4 Å². The molecule has 0 amide bonds. The largest absolute Gasteiger partial charge is 1.00 e. The monoisotopic (exact) mass is 296 g/mol. The summed E-state index contributed by atoms with van der Waals surface area (Å²) in [6.45, 7) is 4.22. The van der Waals surface area contributed by atoms with Gasteiger partial charge in [-0.25, -0.2) is 8.42 Å². The Hall–Kier alpha value is 0.417. The van der Waals surface area contributed by atoms with Crippen LogP contribution in [0.25, 0.3) is 0 Å². The predicted molar refractivity (Wildman–Crippen MR) is 46.6 cm³/mol. The molecule has 0 N–H and O–H groups in total. The smallest absolute Gasteiger partial charge is 0.741 e. The molecule has 0 saturated heterocycles. The third kappa shape index (κ3) is 16.4. The molecule has 0 rings (SSSR count). The van der Waals surface area contributed by atoms with E-state index in [1.54, 1.807) is 13.8 Å². The van der Waals surface area contributed by atoms with Crippen LogP contribution in [0.2, 0.25) is 0 Å². The van der Waals surface area contributed by atoms with Crippen molar-refractivity contribution in [1.29, 1.82) is 0 Å². The van der Waals surface area contributed by atoms with E-state index in [4.69, 9.17) is 13.0 Å². The third-order valence-corrected chi connectivity index (χ3v) is 2.05. The zero-order chi connectivity index (χ0) is 13.8. The summed E-state index contributed by atoms with van der Waals surface area (Å²) in [7, 11) is -9.81. The number of hydrogen-bond donors (Lipinski definition) is 0. The van der Waals surface area contributed by atoms with Gasteiger partial charge in [0.25, 0.3) is 0 Å². The fourth-order valence-corrected chi connectivity index (χ4v) is 1.13. The van der Waals surface area contributed by atoms with E-state index in [2.05, 4.69) is 4.52 Å². The van der Waals surface area contributed by atoms with Gasteiger partial charge < -0.3 is 9.08 Å². The summed E-state index contributed by atoms with van der Waals surface area (Å²) in [6, 6.07) is 0. The summed E-state index contributed by atoms with van der Waals surface area (Å²) in [5.74, 6) is 0. The molecule has 0 bridgehead atoms. The predicted octanol–water partition coefficient (Wildman–Crippen LogP) is -0.741. The number of hydrogen-bond acceptors (Lipinski definition) is 5. The van der Waals surface area contributed by atoms with Crippen molar-refractivity contribution in [3.63, 3.8) is 0 Å². The van der Waals surface area contributed by atoms with Crippen LogP contribution in [0.4, 0.5) is 17.4 Å². The second kappa shape index (κ2) is 7.77. The second-order valence-electron chi connectivity index (χ2n) is 2.80. The molecular weight excluding hydrogens is 286 g/mol. The van der Waals surface area contributed by atoms with Gasteiger partial charge in [-0.15, -0.1) is 0 Å². The van der Waals surface area contributed by atoms with Gasteiger partial charge in [0, 0.05) is 6.66 Å². The Bertz CT molecular complexity index is 348. The quantitative estimate of drug-likeness (QED) is 0.220. The molecule has 5 nitrogen and oxygen atoms in total. The van der Waals surface area contributed by atoms with Gasteiger partial charge in [-0.3, -0.25) is 4.57 Å². The maximum atomic E-state index is 12.0. The Balaban J connectivity index is -0.000000218. The van der Waals surface area contributed by atoms with Crippen LogP contribution in [-0.2, 0) is 19.2 Å². The average Bonchev–Trinajstić information content (AvgIpc) is 1.74. The van der Waals surface area contributed by atoms with E-state index in [9.17, 15) is 21.9 Å². The van der Waals surface area contributed by atoms with Gasteiger partial charge in [0.05, 0.1) is 6.10 Å². The summed E-state index contributed by atoms with van der Waals surface area (Å²) < 4.78 is 85.3. The van der Waals surface area contributed by atoms with Gasteiger partial charge in [-0.1, -0.05) is 0 Å². The molecule has 0 spiro atoms. The first-order valence-electron chi connectivity index (χ1n) is 3.64. The van der Waals surface area contributed by atoms with Crippen LogP contribution in [-0.4, -0.2) is 31.2 Å². The third-order valence-electron chi connectivity index (χ3n) is 0.683. The molecule has 0 radical (unpaired) electrons. The molecule has 0 aromatic rings. The molecule has 100 valence electrons. The first kappa shape index (κ1) is 22.6. The molecule has 0 heterocycles. The topological polar surface area (TPSA) is 83.5 Å². The zero-order valence-corrected chi connectivity index (χ0v) is 11.2. The zero-order valence-electron chi connectivity index (χ0n) is 9.49. The van der Waals surface area contributed by atoms with Crippen LogP contribution in [0.1, 0.15) is 13.8 Å². The Morgan fingerprint density at radius 2 is 1.53 bits per heavy atom. The van der Waals surface area contributed by atoms with E-state index >= 15 is 0 Å². The summed E-state index contributed by atoms with van der Waals surface area (Å²) in [6.07, 6.45) is -0.296. The number of halogens is 4. The summed E-state index contributed by atoms with van der Waals surface area (Å²) in [4.78, 5) is 0. The molecule has 1 unspecified atom stereocenters. The molecule has 0 aromatic heterocycles. The van der Waals surface area contributed by atoms with Crippen molar-refractivity contribution < 1.29 is 58.3 Å². The molecule has 0 aromatic carbocycles. The van der Waals surface area contributed by atoms with Crippen LogP contribution in [0, 0.1) is 0 Å². The van der Waals surface area contributed by atoms with Crippen molar-refractivity contribution in [3.05, 3.63) is 0 Å². The molecule has 0 saturated carbocycles. The standard InChI is InChI=1S/C4H10FO2P.CHF3O3S.Li/c1-4(2)7-8(3,5)6;2-1(3,4)8(5,6)7;/h4H,1-3H3;(H,5,6,7);/q;;+1/p-1. The molecular formula is C5H10F4LiO5PS. The van der Waals surface area contributed by atoms with Crippen LogP contribution < -0.4 is 18.9 Å².